The van der Waals surface area contributed by atoms with E-state index < -0.39 is 9.84 Å². The molecule has 2 N–H and O–H groups in total. The Morgan fingerprint density at radius 1 is 1.04 bits per heavy atom. The molecule has 2 aromatic rings. The zero-order chi connectivity index (χ0) is 18.1. The van der Waals surface area contributed by atoms with Crippen molar-refractivity contribution in [3.63, 3.8) is 0 Å². The van der Waals surface area contributed by atoms with Crippen molar-refractivity contribution >= 4 is 21.4 Å². The van der Waals surface area contributed by atoms with Gasteiger partial charge in [0.2, 0.25) is 0 Å². The molecule has 0 heterocycles. The summed E-state index contributed by atoms with van der Waals surface area (Å²) in [7, 11) is -1.79. The maximum Gasteiger partial charge on any atom is 0.251 e. The first-order valence-corrected chi connectivity index (χ1v) is 9.57. The predicted molar refractivity (Wildman–Crippen MR) is 97.4 cm³/mol. The maximum atomic E-state index is 12.2. The van der Waals surface area contributed by atoms with Crippen molar-refractivity contribution in [1.29, 1.82) is 0 Å². The van der Waals surface area contributed by atoms with E-state index >= 15 is 0 Å². The first-order valence-electron chi connectivity index (χ1n) is 7.92. The van der Waals surface area contributed by atoms with Gasteiger partial charge in [-0.15, -0.1) is 0 Å². The largest absolute Gasteiger partial charge is 0.385 e. The van der Waals surface area contributed by atoms with Crippen LogP contribution in [0.4, 0.5) is 5.69 Å². The van der Waals surface area contributed by atoms with Crippen LogP contribution in [0.1, 0.15) is 16.8 Å². The Hall–Kier alpha value is -2.38. The minimum Gasteiger partial charge on any atom is -0.385 e. The minimum atomic E-state index is -3.40. The molecule has 0 bridgehead atoms. The van der Waals surface area contributed by atoms with E-state index in [1.807, 2.05) is 0 Å². The van der Waals surface area contributed by atoms with Crippen LogP contribution in [0.5, 0.6) is 0 Å². The first kappa shape index (κ1) is 19.0. The van der Waals surface area contributed by atoms with Crippen LogP contribution in [0.25, 0.3) is 0 Å². The van der Waals surface area contributed by atoms with Crippen molar-refractivity contribution in [1.82, 2.24) is 5.32 Å². The summed E-state index contributed by atoms with van der Waals surface area (Å²) in [5.74, 6) is -0.376. The SMILES string of the molecule is COCCCNC(=O)c1ccc(NCS(=O)(=O)c2ccccc2)cc1. The van der Waals surface area contributed by atoms with E-state index in [1.165, 1.54) is 0 Å². The molecule has 0 saturated heterocycles. The Morgan fingerprint density at radius 2 is 1.72 bits per heavy atom. The third-order valence-corrected chi connectivity index (χ3v) is 5.04. The number of hydrogen-bond acceptors (Lipinski definition) is 5. The summed E-state index contributed by atoms with van der Waals surface area (Å²) in [5, 5.41) is 5.67. The average Bonchev–Trinajstić information content (AvgIpc) is 2.64. The monoisotopic (exact) mass is 362 g/mol. The number of anilines is 1. The quantitative estimate of drug-likeness (QED) is 0.669. The Kier molecular flexibility index (Phi) is 6.97. The molecular weight excluding hydrogens is 340 g/mol. The Labute approximate surface area is 148 Å². The fraction of sp³-hybridized carbons (Fsp3) is 0.278. The number of nitrogens with one attached hydrogen (secondary N) is 2. The molecule has 0 aliphatic carbocycles. The molecule has 1 amide bonds. The molecule has 25 heavy (non-hydrogen) atoms. The van der Waals surface area contributed by atoms with Crippen LogP contribution in [0.15, 0.2) is 59.5 Å². The summed E-state index contributed by atoms with van der Waals surface area (Å²) in [4.78, 5) is 12.2. The molecule has 0 fully saturated rings. The fourth-order valence-electron chi connectivity index (χ4n) is 2.15. The highest BCUT2D eigenvalue weighted by Gasteiger charge is 2.13. The molecule has 0 aliphatic rings. The van der Waals surface area contributed by atoms with Crippen molar-refractivity contribution in [2.75, 3.05) is 31.5 Å². The van der Waals surface area contributed by atoms with Gasteiger partial charge in [-0.2, -0.15) is 0 Å². The van der Waals surface area contributed by atoms with Gasteiger partial charge in [0.25, 0.3) is 5.91 Å². The number of hydrogen-bond donors (Lipinski definition) is 2. The maximum absolute atomic E-state index is 12.2. The lowest BCUT2D eigenvalue weighted by Gasteiger charge is -2.09. The number of ether oxygens (including phenoxy) is 1. The predicted octanol–water partition coefficient (Wildman–Crippen LogP) is 2.30. The molecule has 0 aromatic heterocycles. The van der Waals surface area contributed by atoms with Gasteiger partial charge >= 0.3 is 0 Å². The average molecular weight is 362 g/mol. The molecule has 0 radical (unpaired) electrons. The molecule has 0 unspecified atom stereocenters. The zero-order valence-corrected chi connectivity index (χ0v) is 14.9. The summed E-state index contributed by atoms with van der Waals surface area (Å²) in [5.41, 5.74) is 1.16. The number of carbonyl (C=O) groups excluding carboxylic acids is 1. The van der Waals surface area contributed by atoms with Gasteiger partial charge in [0, 0.05) is 31.5 Å². The van der Waals surface area contributed by atoms with Gasteiger partial charge in [-0.1, -0.05) is 18.2 Å². The van der Waals surface area contributed by atoms with Crippen LogP contribution in [-0.4, -0.2) is 40.5 Å². The van der Waals surface area contributed by atoms with Gasteiger partial charge in [-0.3, -0.25) is 4.79 Å². The number of sulfone groups is 1. The van der Waals surface area contributed by atoms with E-state index in [-0.39, 0.29) is 16.7 Å². The number of benzene rings is 2. The van der Waals surface area contributed by atoms with Crippen LogP contribution in [0, 0.1) is 0 Å². The molecule has 7 heteroatoms. The molecular formula is C18H22N2O4S. The van der Waals surface area contributed by atoms with Gasteiger partial charge in [0.1, 0.15) is 5.88 Å². The lowest BCUT2D eigenvalue weighted by molar-refractivity contribution is 0.0948. The van der Waals surface area contributed by atoms with E-state index in [0.29, 0.717) is 24.4 Å². The number of methoxy groups -OCH3 is 1. The number of rotatable bonds is 9. The minimum absolute atomic E-state index is 0.167. The van der Waals surface area contributed by atoms with Gasteiger partial charge in [-0.25, -0.2) is 8.42 Å². The standard InChI is InChI=1S/C18H22N2O4S/c1-24-13-5-12-19-18(21)15-8-10-16(11-9-15)20-14-25(22,23)17-6-3-2-4-7-17/h2-4,6-11,20H,5,12-14H2,1H3,(H,19,21). The molecule has 0 aliphatic heterocycles. The molecule has 0 spiro atoms. The van der Waals surface area contributed by atoms with Gasteiger partial charge < -0.3 is 15.4 Å². The second-order valence-corrected chi connectivity index (χ2v) is 7.42. The van der Waals surface area contributed by atoms with Crippen molar-refractivity contribution in [3.05, 3.63) is 60.2 Å². The molecule has 0 saturated carbocycles. The Bertz CT molecular complexity index is 774. The second kappa shape index (κ2) is 9.19. The lowest BCUT2D eigenvalue weighted by Crippen LogP contribution is -2.25. The third-order valence-electron chi connectivity index (χ3n) is 3.53. The molecule has 2 aromatic carbocycles. The fourth-order valence-corrected chi connectivity index (χ4v) is 3.24. The molecule has 2 rings (SSSR count). The molecule has 134 valence electrons. The highest BCUT2D eigenvalue weighted by Crippen LogP contribution is 2.13. The third kappa shape index (κ3) is 5.88. The van der Waals surface area contributed by atoms with Crippen LogP contribution >= 0.6 is 0 Å². The normalized spacial score (nSPS) is 11.1. The van der Waals surface area contributed by atoms with Crippen LogP contribution in [0.3, 0.4) is 0 Å². The van der Waals surface area contributed by atoms with Crippen LogP contribution < -0.4 is 10.6 Å². The summed E-state index contributed by atoms with van der Waals surface area (Å²) >= 11 is 0. The zero-order valence-electron chi connectivity index (χ0n) is 14.1. The summed E-state index contributed by atoms with van der Waals surface area (Å²) < 4.78 is 29.4. The van der Waals surface area contributed by atoms with E-state index in [4.69, 9.17) is 4.74 Å². The van der Waals surface area contributed by atoms with Gasteiger partial charge in [0.15, 0.2) is 9.84 Å². The Morgan fingerprint density at radius 3 is 2.36 bits per heavy atom. The van der Waals surface area contributed by atoms with Crippen molar-refractivity contribution in [3.8, 4) is 0 Å². The van der Waals surface area contributed by atoms with Crippen molar-refractivity contribution in [2.24, 2.45) is 0 Å². The topological polar surface area (TPSA) is 84.5 Å². The van der Waals surface area contributed by atoms with Crippen molar-refractivity contribution < 1.29 is 17.9 Å². The van der Waals surface area contributed by atoms with E-state index in [2.05, 4.69) is 10.6 Å². The highest BCUT2D eigenvalue weighted by molar-refractivity contribution is 7.91. The first-order chi connectivity index (χ1) is 12.0. The summed E-state index contributed by atoms with van der Waals surface area (Å²) in [6.07, 6.45) is 0.749. The van der Waals surface area contributed by atoms with Crippen LogP contribution in [-0.2, 0) is 14.6 Å². The second-order valence-electron chi connectivity index (χ2n) is 5.43. The smallest absolute Gasteiger partial charge is 0.251 e. The lowest BCUT2D eigenvalue weighted by atomic mass is 10.2. The number of amides is 1. The number of carbonyl (C=O) groups is 1. The van der Waals surface area contributed by atoms with Gasteiger partial charge in [0.05, 0.1) is 4.90 Å². The van der Waals surface area contributed by atoms with E-state index in [0.717, 1.165) is 6.42 Å². The van der Waals surface area contributed by atoms with Crippen molar-refractivity contribution in [2.45, 2.75) is 11.3 Å². The van der Waals surface area contributed by atoms with Crippen LogP contribution in [0.2, 0.25) is 0 Å². The van der Waals surface area contributed by atoms with E-state index in [9.17, 15) is 13.2 Å². The molecule has 0 atom stereocenters. The van der Waals surface area contributed by atoms with E-state index in [1.54, 1.807) is 61.7 Å². The molecule has 6 nitrogen and oxygen atoms in total. The summed E-state index contributed by atoms with van der Waals surface area (Å²) in [6.45, 7) is 1.14. The Balaban J connectivity index is 1.89. The highest BCUT2D eigenvalue weighted by atomic mass is 32.2. The summed E-state index contributed by atoms with van der Waals surface area (Å²) in [6, 6.07) is 15.0. The van der Waals surface area contributed by atoms with Gasteiger partial charge in [-0.05, 0) is 42.8 Å².